The maximum absolute atomic E-state index is 13.2. The Balaban J connectivity index is 1.51. The summed E-state index contributed by atoms with van der Waals surface area (Å²) in [5.74, 6) is 0.486. The highest BCUT2D eigenvalue weighted by Gasteiger charge is 2.16. The fourth-order valence-electron chi connectivity index (χ4n) is 3.88. The van der Waals surface area contributed by atoms with Crippen molar-refractivity contribution in [3.05, 3.63) is 122 Å². The van der Waals surface area contributed by atoms with Gasteiger partial charge in [-0.3, -0.25) is 14.9 Å². The van der Waals surface area contributed by atoms with Gasteiger partial charge in [0.05, 0.1) is 15.1 Å². The van der Waals surface area contributed by atoms with Crippen LogP contribution in [0.1, 0.15) is 5.56 Å². The van der Waals surface area contributed by atoms with Crippen LogP contribution in [0.15, 0.2) is 95.9 Å². The zero-order chi connectivity index (χ0) is 24.6. The topological polar surface area (TPSA) is 108 Å². The molecule has 6 rings (SSSR count). The van der Waals surface area contributed by atoms with Gasteiger partial charge < -0.3 is 0 Å². The van der Waals surface area contributed by atoms with Gasteiger partial charge in [0.15, 0.2) is 5.82 Å². The summed E-state index contributed by atoms with van der Waals surface area (Å²) in [6.07, 6.45) is 3.53. The lowest BCUT2D eigenvalue weighted by atomic mass is 10.1. The summed E-state index contributed by atoms with van der Waals surface area (Å²) in [6.45, 7) is 0. The first-order valence-electron chi connectivity index (χ1n) is 10.9. The maximum atomic E-state index is 13.2. The molecule has 0 bridgehead atoms. The summed E-state index contributed by atoms with van der Waals surface area (Å²) in [5.41, 5.74) is 3.06. The van der Waals surface area contributed by atoms with Gasteiger partial charge in [-0.1, -0.05) is 72.0 Å². The summed E-state index contributed by atoms with van der Waals surface area (Å²) in [6, 6.07) is 25.3. The number of fused-ring (bicyclic) bond motifs is 1. The SMILES string of the molecule is O=c1/c(=C/c2cn(-c3ccccc3)nc2-c2cccc([N+](=O)[O-])c2)sc2nc(-c3ccccc3)nn12. The van der Waals surface area contributed by atoms with E-state index in [2.05, 4.69) is 10.1 Å². The normalized spacial score (nSPS) is 11.8. The molecule has 174 valence electrons. The van der Waals surface area contributed by atoms with Crippen molar-refractivity contribution in [3.8, 4) is 28.3 Å². The fraction of sp³-hybridized carbons (Fsp3) is 0. The molecule has 0 saturated carbocycles. The van der Waals surface area contributed by atoms with Crippen molar-refractivity contribution >= 4 is 28.1 Å². The second-order valence-corrected chi connectivity index (χ2v) is 8.94. The van der Waals surface area contributed by atoms with E-state index in [9.17, 15) is 14.9 Å². The Labute approximate surface area is 207 Å². The van der Waals surface area contributed by atoms with Crippen molar-refractivity contribution in [1.29, 1.82) is 0 Å². The van der Waals surface area contributed by atoms with E-state index in [0.29, 0.717) is 32.1 Å². The van der Waals surface area contributed by atoms with E-state index in [0.717, 1.165) is 11.3 Å². The van der Waals surface area contributed by atoms with Crippen molar-refractivity contribution in [1.82, 2.24) is 24.4 Å². The molecule has 0 N–H and O–H groups in total. The number of hydrogen-bond acceptors (Lipinski definition) is 7. The molecule has 0 unspecified atom stereocenters. The molecule has 0 fully saturated rings. The highest BCUT2D eigenvalue weighted by atomic mass is 32.1. The van der Waals surface area contributed by atoms with Crippen molar-refractivity contribution in [2.24, 2.45) is 0 Å². The Kier molecular flexibility index (Phi) is 5.20. The number of para-hydroxylation sites is 1. The zero-order valence-corrected chi connectivity index (χ0v) is 19.4. The largest absolute Gasteiger partial charge is 0.291 e. The minimum absolute atomic E-state index is 0.0375. The standard InChI is InChI=1S/C26H16N6O3S/c33-25-22(36-26-27-24(29-31(25)26)17-8-3-1-4-9-17)15-19-16-30(20-11-5-2-6-12-20)28-23(19)18-10-7-13-21(14-18)32(34)35/h1-16H/b22-15-. The molecule has 3 aromatic carbocycles. The number of nitro groups is 1. The number of nitrogens with zero attached hydrogens (tertiary/aromatic N) is 6. The van der Waals surface area contributed by atoms with Crippen LogP contribution in [0.25, 0.3) is 39.4 Å². The van der Waals surface area contributed by atoms with Crippen LogP contribution < -0.4 is 10.1 Å². The highest BCUT2D eigenvalue weighted by Crippen LogP contribution is 2.27. The van der Waals surface area contributed by atoms with E-state index in [-0.39, 0.29) is 11.2 Å². The van der Waals surface area contributed by atoms with Crippen LogP contribution in [0.3, 0.4) is 0 Å². The average Bonchev–Trinajstić information content (AvgIpc) is 3.60. The third kappa shape index (κ3) is 3.85. The molecular formula is C26H16N6O3S. The monoisotopic (exact) mass is 492 g/mol. The van der Waals surface area contributed by atoms with E-state index in [1.807, 2.05) is 60.7 Å². The molecule has 9 nitrogen and oxygen atoms in total. The van der Waals surface area contributed by atoms with Crippen molar-refractivity contribution in [3.63, 3.8) is 0 Å². The number of rotatable bonds is 5. The number of hydrogen-bond donors (Lipinski definition) is 0. The quantitative estimate of drug-likeness (QED) is 0.265. The Morgan fingerprint density at radius 1 is 0.889 bits per heavy atom. The minimum atomic E-state index is -0.443. The van der Waals surface area contributed by atoms with Crippen LogP contribution in [0.4, 0.5) is 5.69 Å². The summed E-state index contributed by atoms with van der Waals surface area (Å²) in [4.78, 5) is 29.1. The van der Waals surface area contributed by atoms with Crippen LogP contribution in [-0.2, 0) is 0 Å². The lowest BCUT2D eigenvalue weighted by Gasteiger charge is -2.00. The molecule has 36 heavy (non-hydrogen) atoms. The van der Waals surface area contributed by atoms with E-state index >= 15 is 0 Å². The number of nitro benzene ring substituents is 1. The first-order chi connectivity index (χ1) is 17.6. The van der Waals surface area contributed by atoms with Crippen molar-refractivity contribution in [2.75, 3.05) is 0 Å². The van der Waals surface area contributed by atoms with Gasteiger partial charge in [0.2, 0.25) is 4.96 Å². The Morgan fingerprint density at radius 3 is 2.33 bits per heavy atom. The third-order valence-electron chi connectivity index (χ3n) is 5.59. The predicted octanol–water partition coefficient (Wildman–Crippen LogP) is 4.13. The molecular weight excluding hydrogens is 476 g/mol. The molecule has 0 spiro atoms. The lowest BCUT2D eigenvalue weighted by Crippen LogP contribution is -2.23. The van der Waals surface area contributed by atoms with Crippen LogP contribution >= 0.6 is 11.3 Å². The average molecular weight is 493 g/mol. The molecule has 0 amide bonds. The van der Waals surface area contributed by atoms with E-state index in [1.54, 1.807) is 29.1 Å². The van der Waals surface area contributed by atoms with Crippen LogP contribution in [0.2, 0.25) is 0 Å². The second kappa shape index (κ2) is 8.67. The van der Waals surface area contributed by atoms with Crippen molar-refractivity contribution in [2.45, 2.75) is 0 Å². The van der Waals surface area contributed by atoms with Gasteiger partial charge in [0, 0.05) is 35.0 Å². The van der Waals surface area contributed by atoms with Crippen LogP contribution in [-0.4, -0.2) is 29.3 Å². The number of benzene rings is 3. The van der Waals surface area contributed by atoms with Gasteiger partial charge in [-0.05, 0) is 18.2 Å². The lowest BCUT2D eigenvalue weighted by molar-refractivity contribution is -0.384. The fourth-order valence-corrected chi connectivity index (χ4v) is 4.78. The molecule has 0 radical (unpaired) electrons. The molecule has 6 aromatic rings. The molecule has 10 heteroatoms. The molecule has 0 saturated heterocycles. The first-order valence-corrected chi connectivity index (χ1v) is 11.7. The van der Waals surface area contributed by atoms with Gasteiger partial charge in [-0.25, -0.2) is 4.68 Å². The predicted molar refractivity (Wildman–Crippen MR) is 137 cm³/mol. The minimum Gasteiger partial charge on any atom is -0.266 e. The zero-order valence-electron chi connectivity index (χ0n) is 18.6. The van der Waals surface area contributed by atoms with Crippen LogP contribution in [0.5, 0.6) is 0 Å². The first kappa shape index (κ1) is 21.6. The van der Waals surface area contributed by atoms with E-state index in [1.165, 1.54) is 28.0 Å². The smallest absolute Gasteiger partial charge is 0.266 e. The van der Waals surface area contributed by atoms with Gasteiger partial charge in [0.1, 0.15) is 5.69 Å². The second-order valence-electron chi connectivity index (χ2n) is 7.93. The van der Waals surface area contributed by atoms with E-state index < -0.39 is 4.92 Å². The van der Waals surface area contributed by atoms with Crippen LogP contribution in [0, 0.1) is 10.1 Å². The van der Waals surface area contributed by atoms with Gasteiger partial charge in [-0.2, -0.15) is 14.6 Å². The Bertz CT molecular complexity index is 1840. The van der Waals surface area contributed by atoms with Gasteiger partial charge >= 0.3 is 0 Å². The molecule has 0 atom stereocenters. The number of aromatic nitrogens is 5. The van der Waals surface area contributed by atoms with Crippen molar-refractivity contribution < 1.29 is 4.92 Å². The molecule has 0 aliphatic heterocycles. The maximum Gasteiger partial charge on any atom is 0.291 e. The van der Waals surface area contributed by atoms with Gasteiger partial charge in [-0.15, -0.1) is 5.10 Å². The number of non-ortho nitro benzene ring substituents is 1. The Morgan fingerprint density at radius 2 is 1.61 bits per heavy atom. The van der Waals surface area contributed by atoms with Gasteiger partial charge in [0.25, 0.3) is 11.2 Å². The summed E-state index contributed by atoms with van der Waals surface area (Å²) < 4.78 is 3.42. The molecule has 3 heterocycles. The number of thiazole rings is 1. The molecule has 0 aliphatic carbocycles. The highest BCUT2D eigenvalue weighted by molar-refractivity contribution is 7.15. The Hall–Kier alpha value is -4.96. The summed E-state index contributed by atoms with van der Waals surface area (Å²) >= 11 is 1.23. The molecule has 3 aromatic heterocycles. The molecule has 0 aliphatic rings. The van der Waals surface area contributed by atoms with E-state index in [4.69, 9.17) is 5.10 Å². The summed E-state index contributed by atoms with van der Waals surface area (Å²) in [7, 11) is 0. The summed E-state index contributed by atoms with van der Waals surface area (Å²) in [5, 5.41) is 20.4. The third-order valence-corrected chi connectivity index (χ3v) is 6.55.